The molecule has 18 heavy (non-hydrogen) atoms. The molecule has 1 fully saturated rings. The Balaban J connectivity index is 1.93. The standard InChI is InChI=1S/C15H26N2S/c1-12(2)9-16-11-15(6-4-5-7-15)8-14-17-13(3)10-18-14/h10,12,16H,4-9,11H2,1-3H3. The van der Waals surface area contributed by atoms with Gasteiger partial charge in [-0.25, -0.2) is 4.98 Å². The monoisotopic (exact) mass is 266 g/mol. The molecule has 0 saturated heterocycles. The molecular weight excluding hydrogens is 240 g/mol. The minimum Gasteiger partial charge on any atom is -0.316 e. The minimum atomic E-state index is 0.485. The molecule has 0 amide bonds. The fourth-order valence-corrected chi connectivity index (χ4v) is 3.92. The van der Waals surface area contributed by atoms with Crippen LogP contribution in [0.15, 0.2) is 5.38 Å². The third-order valence-corrected chi connectivity index (χ3v) is 4.88. The third-order valence-electron chi connectivity index (χ3n) is 3.91. The molecule has 0 aromatic carbocycles. The number of aromatic nitrogens is 1. The number of aryl methyl sites for hydroxylation is 1. The maximum Gasteiger partial charge on any atom is 0.0934 e. The molecule has 1 aliphatic rings. The smallest absolute Gasteiger partial charge is 0.0934 e. The molecular formula is C15H26N2S. The summed E-state index contributed by atoms with van der Waals surface area (Å²) in [5.74, 6) is 0.741. The van der Waals surface area contributed by atoms with Gasteiger partial charge in [-0.1, -0.05) is 26.7 Å². The van der Waals surface area contributed by atoms with Gasteiger partial charge in [0.25, 0.3) is 0 Å². The quantitative estimate of drug-likeness (QED) is 0.847. The van der Waals surface area contributed by atoms with Gasteiger partial charge in [0.15, 0.2) is 0 Å². The van der Waals surface area contributed by atoms with Crippen molar-refractivity contribution in [2.45, 2.75) is 52.9 Å². The summed E-state index contributed by atoms with van der Waals surface area (Å²) in [6.45, 7) is 8.96. The summed E-state index contributed by atoms with van der Waals surface area (Å²) in [4.78, 5) is 4.65. The second-order valence-corrected chi connectivity index (χ2v) is 7.23. The highest BCUT2D eigenvalue weighted by Gasteiger charge is 2.34. The predicted octanol–water partition coefficient (Wildman–Crippen LogP) is 3.80. The first-order chi connectivity index (χ1) is 8.60. The van der Waals surface area contributed by atoms with Crippen LogP contribution in [0, 0.1) is 18.3 Å². The van der Waals surface area contributed by atoms with Gasteiger partial charge in [-0.3, -0.25) is 0 Å². The van der Waals surface area contributed by atoms with Crippen LogP contribution in [0.25, 0.3) is 0 Å². The van der Waals surface area contributed by atoms with Crippen LogP contribution in [0.1, 0.15) is 50.2 Å². The van der Waals surface area contributed by atoms with Crippen molar-refractivity contribution < 1.29 is 0 Å². The van der Waals surface area contributed by atoms with Gasteiger partial charge in [-0.05, 0) is 37.6 Å². The second kappa shape index (κ2) is 6.16. The van der Waals surface area contributed by atoms with E-state index >= 15 is 0 Å². The van der Waals surface area contributed by atoms with Crippen LogP contribution in [-0.4, -0.2) is 18.1 Å². The fraction of sp³-hybridized carbons (Fsp3) is 0.800. The van der Waals surface area contributed by atoms with Crippen molar-refractivity contribution in [2.75, 3.05) is 13.1 Å². The van der Waals surface area contributed by atoms with Crippen LogP contribution in [0.5, 0.6) is 0 Å². The Kier molecular flexibility index (Phi) is 4.79. The SMILES string of the molecule is Cc1csc(CC2(CNCC(C)C)CCCC2)n1. The highest BCUT2D eigenvalue weighted by molar-refractivity contribution is 7.09. The number of thiazole rings is 1. The average molecular weight is 266 g/mol. The topological polar surface area (TPSA) is 24.9 Å². The molecule has 1 aromatic heterocycles. The van der Waals surface area contributed by atoms with E-state index < -0.39 is 0 Å². The van der Waals surface area contributed by atoms with Crippen LogP contribution in [0.4, 0.5) is 0 Å². The highest BCUT2D eigenvalue weighted by Crippen LogP contribution is 2.40. The number of hydrogen-bond acceptors (Lipinski definition) is 3. The molecule has 1 saturated carbocycles. The third kappa shape index (κ3) is 3.79. The van der Waals surface area contributed by atoms with E-state index in [1.807, 2.05) is 11.3 Å². The van der Waals surface area contributed by atoms with Crippen molar-refractivity contribution in [3.05, 3.63) is 16.1 Å². The van der Waals surface area contributed by atoms with Crippen molar-refractivity contribution in [3.8, 4) is 0 Å². The maximum absolute atomic E-state index is 4.65. The first kappa shape index (κ1) is 14.0. The zero-order valence-electron chi connectivity index (χ0n) is 12.0. The molecule has 1 N–H and O–H groups in total. The highest BCUT2D eigenvalue weighted by atomic mass is 32.1. The molecule has 3 heteroatoms. The van der Waals surface area contributed by atoms with Gasteiger partial charge in [0.05, 0.1) is 5.01 Å². The molecule has 0 unspecified atom stereocenters. The molecule has 2 nitrogen and oxygen atoms in total. The van der Waals surface area contributed by atoms with Gasteiger partial charge in [0, 0.05) is 24.0 Å². The Bertz CT molecular complexity index is 364. The van der Waals surface area contributed by atoms with Crippen LogP contribution >= 0.6 is 11.3 Å². The van der Waals surface area contributed by atoms with E-state index in [1.165, 1.54) is 49.4 Å². The molecule has 1 aromatic rings. The lowest BCUT2D eigenvalue weighted by Gasteiger charge is -2.29. The van der Waals surface area contributed by atoms with Crippen LogP contribution in [-0.2, 0) is 6.42 Å². The summed E-state index contributed by atoms with van der Waals surface area (Å²) in [6.07, 6.45) is 6.71. The number of nitrogens with one attached hydrogen (secondary N) is 1. The minimum absolute atomic E-state index is 0.485. The van der Waals surface area contributed by atoms with Gasteiger partial charge in [-0.15, -0.1) is 11.3 Å². The van der Waals surface area contributed by atoms with E-state index in [4.69, 9.17) is 0 Å². The average Bonchev–Trinajstić information content (AvgIpc) is 2.89. The van der Waals surface area contributed by atoms with Crippen molar-refractivity contribution >= 4 is 11.3 Å². The lowest BCUT2D eigenvalue weighted by molar-refractivity contribution is 0.272. The van der Waals surface area contributed by atoms with E-state index in [0.29, 0.717) is 5.41 Å². The van der Waals surface area contributed by atoms with Crippen molar-refractivity contribution in [1.82, 2.24) is 10.3 Å². The van der Waals surface area contributed by atoms with E-state index in [9.17, 15) is 0 Å². The fourth-order valence-electron chi connectivity index (χ4n) is 2.97. The Hall–Kier alpha value is -0.410. The first-order valence-corrected chi connectivity index (χ1v) is 8.09. The summed E-state index contributed by atoms with van der Waals surface area (Å²) in [5, 5.41) is 7.19. The molecule has 0 atom stereocenters. The Morgan fingerprint density at radius 1 is 1.39 bits per heavy atom. The molecule has 0 radical (unpaired) electrons. The summed E-state index contributed by atoms with van der Waals surface area (Å²) < 4.78 is 0. The van der Waals surface area contributed by atoms with Gasteiger partial charge >= 0.3 is 0 Å². The normalized spacial score (nSPS) is 18.7. The largest absolute Gasteiger partial charge is 0.316 e. The van der Waals surface area contributed by atoms with Gasteiger partial charge < -0.3 is 5.32 Å². The summed E-state index contributed by atoms with van der Waals surface area (Å²) in [7, 11) is 0. The number of rotatable bonds is 6. The first-order valence-electron chi connectivity index (χ1n) is 7.21. The lowest BCUT2D eigenvalue weighted by Crippen LogP contribution is -2.35. The second-order valence-electron chi connectivity index (χ2n) is 6.29. The van der Waals surface area contributed by atoms with Crippen LogP contribution < -0.4 is 5.32 Å². The number of nitrogens with zero attached hydrogens (tertiary/aromatic N) is 1. The van der Waals surface area contributed by atoms with Crippen LogP contribution in [0.3, 0.4) is 0 Å². The summed E-state index contributed by atoms with van der Waals surface area (Å²) >= 11 is 1.84. The molecule has 1 aliphatic carbocycles. The Labute approximate surface area is 115 Å². The molecule has 0 spiro atoms. The van der Waals surface area contributed by atoms with Crippen molar-refractivity contribution in [1.29, 1.82) is 0 Å². The lowest BCUT2D eigenvalue weighted by atomic mass is 9.82. The van der Waals surface area contributed by atoms with E-state index in [1.54, 1.807) is 0 Å². The van der Waals surface area contributed by atoms with Gasteiger partial charge in [0.1, 0.15) is 0 Å². The molecule has 1 heterocycles. The Morgan fingerprint density at radius 3 is 2.67 bits per heavy atom. The summed E-state index contributed by atoms with van der Waals surface area (Å²) in [6, 6.07) is 0. The van der Waals surface area contributed by atoms with Gasteiger partial charge in [0.2, 0.25) is 0 Å². The van der Waals surface area contributed by atoms with Crippen LogP contribution in [0.2, 0.25) is 0 Å². The molecule has 102 valence electrons. The maximum atomic E-state index is 4.65. The number of hydrogen-bond donors (Lipinski definition) is 1. The van der Waals surface area contributed by atoms with E-state index in [0.717, 1.165) is 12.5 Å². The Morgan fingerprint density at radius 2 is 2.11 bits per heavy atom. The van der Waals surface area contributed by atoms with E-state index in [-0.39, 0.29) is 0 Å². The predicted molar refractivity (Wildman–Crippen MR) is 79.2 cm³/mol. The zero-order chi connectivity index (χ0) is 13.0. The van der Waals surface area contributed by atoms with Crippen molar-refractivity contribution in [3.63, 3.8) is 0 Å². The van der Waals surface area contributed by atoms with Crippen molar-refractivity contribution in [2.24, 2.45) is 11.3 Å². The molecule has 0 aliphatic heterocycles. The van der Waals surface area contributed by atoms with E-state index in [2.05, 4.69) is 36.5 Å². The molecule has 2 rings (SSSR count). The summed E-state index contributed by atoms with van der Waals surface area (Å²) in [5.41, 5.74) is 1.66. The van der Waals surface area contributed by atoms with Gasteiger partial charge in [-0.2, -0.15) is 0 Å². The zero-order valence-corrected chi connectivity index (χ0v) is 12.8. The molecule has 0 bridgehead atoms.